The van der Waals surface area contributed by atoms with Gasteiger partial charge in [0.15, 0.2) is 0 Å². The Morgan fingerprint density at radius 3 is 1.06 bits per heavy atom. The minimum atomic E-state index is -0.951. The number of hydrogen-bond donors (Lipinski definition) is 7. The molecule has 0 saturated heterocycles. The molecule has 9 aromatic heterocycles. The molecule has 15 rings (SSSR count). The number of benzene rings is 6. The van der Waals surface area contributed by atoms with Crippen molar-refractivity contribution in [3.05, 3.63) is 300 Å². The van der Waals surface area contributed by atoms with Crippen LogP contribution in [0.25, 0.3) is 65.4 Å². The fraction of sp³-hybridized carbons (Fsp3) is 0.143. The molecule has 0 atom stereocenters. The number of aromatic amines is 3. The molecule has 9 heterocycles. The smallest absolute Gasteiger partial charge is 0.335 e. The maximum absolute atomic E-state index is 12.7. The lowest BCUT2D eigenvalue weighted by Gasteiger charge is -2.08. The normalized spacial score (nSPS) is 10.8. The zero-order valence-electron chi connectivity index (χ0n) is 52.7. The Balaban J connectivity index is 0.000000149. The highest BCUT2D eigenvalue weighted by molar-refractivity contribution is 6.31. The average Bonchev–Trinajstić information content (AvgIpc) is 1.27. The molecular formula is C77H70Cl3N15O4. The van der Waals surface area contributed by atoms with Crippen molar-refractivity contribution in [3.8, 4) is 0 Å². The van der Waals surface area contributed by atoms with Gasteiger partial charge in [-0.05, 0) is 182 Å². The molecule has 0 unspecified atom stereocenters. The highest BCUT2D eigenvalue weighted by atomic mass is 35.5. The number of halogens is 3. The van der Waals surface area contributed by atoms with E-state index in [4.69, 9.17) is 45.6 Å². The molecule has 22 heteroatoms. The summed E-state index contributed by atoms with van der Waals surface area (Å²) in [7, 11) is 0. The van der Waals surface area contributed by atoms with Crippen LogP contribution in [0, 0.1) is 20.8 Å². The maximum atomic E-state index is 12.7. The summed E-state index contributed by atoms with van der Waals surface area (Å²) < 4.78 is 0. The van der Waals surface area contributed by atoms with Crippen molar-refractivity contribution in [2.45, 2.75) is 74.5 Å². The van der Waals surface area contributed by atoms with Gasteiger partial charge in [-0.15, -0.1) is 0 Å². The largest absolute Gasteiger partial charge is 0.478 e. The highest BCUT2D eigenvalue weighted by Gasteiger charge is 2.14. The molecule has 8 N–H and O–H groups in total. The zero-order valence-corrected chi connectivity index (χ0v) is 55.0. The molecule has 0 fully saturated rings. The molecule has 0 aliphatic carbocycles. The number of carboxylic acid groups (broad SMARTS) is 1. The standard InChI is InChI=1S/2C25H20ClN5O.C16H11ClN2O2.C9H11N3.2CH4/c2*1-15-22-10-17(3-5-24(22)31-30-15)13-29-25(32)18-6-7-27-21(12-18)9-16-2-4-23-19(8-16)11-20(26)14-28-23;17-13-7-12-5-10(1-2-15(12)19-9-13)6-14-8-11(16(20)21)3-4-18-14;1-6-8-4-7(5-10)2-3-9(8)12-11-6;;/h2*2-8,10-12,14H,9,13H2,1H3,(H,29,32)(H,30,31);1-5,7-9H,6H2,(H,20,21);2-4H,5,10H2,1H3,(H,11,12);2*1H4. The number of carbonyl (C=O) groups excluding carboxylic acids is 2. The first kappa shape index (κ1) is 70.5. The lowest BCUT2D eigenvalue weighted by atomic mass is 10.0. The second-order valence-corrected chi connectivity index (χ2v) is 24.5. The number of nitrogens with zero attached hydrogens (tertiary/aromatic N) is 9. The number of amides is 2. The van der Waals surface area contributed by atoms with Gasteiger partial charge < -0.3 is 21.5 Å². The van der Waals surface area contributed by atoms with Crippen molar-refractivity contribution in [2.24, 2.45) is 5.73 Å². The molecule has 19 nitrogen and oxygen atoms in total. The average molecular weight is 1380 g/mol. The minimum Gasteiger partial charge on any atom is -0.478 e. The number of carbonyl (C=O) groups is 3. The first-order chi connectivity index (χ1) is 47.0. The Kier molecular flexibility index (Phi) is 22.9. The van der Waals surface area contributed by atoms with E-state index in [0.717, 1.165) is 127 Å². The predicted molar refractivity (Wildman–Crippen MR) is 395 cm³/mol. The van der Waals surface area contributed by atoms with Gasteiger partial charge in [-0.3, -0.25) is 54.8 Å². The third-order valence-electron chi connectivity index (χ3n) is 16.1. The lowest BCUT2D eigenvalue weighted by Crippen LogP contribution is -2.23. The molecule has 498 valence electrons. The summed E-state index contributed by atoms with van der Waals surface area (Å²) >= 11 is 18.1. The SMILES string of the molecule is C.C.Cc1[nH]nc2ccc(CN)cc12.Cc1[nH]nc2ccc(CNC(=O)c3ccnc(Cc4ccc5ncc(Cl)cc5c4)c3)cc12.Cc1[nH]nc2ccc(CNC(=O)c3ccnc(Cc4ccc5ncc(Cl)cc5c4)c3)cc12.O=C(O)c1ccnc(Cc2ccc3ncc(Cl)cc3c2)c1. The molecule has 0 aliphatic heterocycles. The number of nitrogens with one attached hydrogen (secondary N) is 5. The number of hydrogen-bond acceptors (Lipinski definition) is 13. The van der Waals surface area contributed by atoms with E-state index in [1.54, 1.807) is 49.2 Å². The number of aromatic nitrogens is 12. The Labute approximate surface area is 585 Å². The van der Waals surface area contributed by atoms with Gasteiger partial charge >= 0.3 is 5.97 Å². The van der Waals surface area contributed by atoms with Gasteiger partial charge in [-0.2, -0.15) is 15.3 Å². The molecule has 15 aromatic rings. The number of aromatic carboxylic acids is 1. The molecule has 0 bridgehead atoms. The number of carboxylic acids is 1. The number of H-pyrrole nitrogens is 3. The fourth-order valence-electron chi connectivity index (χ4n) is 11.0. The summed E-state index contributed by atoms with van der Waals surface area (Å²) in [5.41, 5.74) is 24.3. The number of aryl methyl sites for hydroxylation is 3. The third-order valence-corrected chi connectivity index (χ3v) is 16.7. The number of fused-ring (bicyclic) bond motifs is 6. The predicted octanol–water partition coefficient (Wildman–Crippen LogP) is 16.2. The van der Waals surface area contributed by atoms with E-state index in [1.807, 2.05) is 142 Å². The quantitative estimate of drug-likeness (QED) is 0.0533. The van der Waals surface area contributed by atoms with E-state index in [9.17, 15) is 14.4 Å². The second-order valence-electron chi connectivity index (χ2n) is 23.2. The molecular weight excluding hydrogens is 1310 g/mol. The summed E-state index contributed by atoms with van der Waals surface area (Å²) in [6.45, 7) is 7.44. The van der Waals surface area contributed by atoms with Gasteiger partial charge in [0, 0.05) is 154 Å². The second kappa shape index (κ2) is 32.1. The third kappa shape index (κ3) is 17.8. The topological polar surface area (TPSA) is 285 Å². The van der Waals surface area contributed by atoms with Crippen molar-refractivity contribution in [3.63, 3.8) is 0 Å². The first-order valence-electron chi connectivity index (χ1n) is 30.8. The van der Waals surface area contributed by atoms with Gasteiger partial charge in [0.2, 0.25) is 0 Å². The van der Waals surface area contributed by atoms with Gasteiger partial charge in [0.05, 0.1) is 53.7 Å². The Morgan fingerprint density at radius 1 is 0.394 bits per heavy atom. The van der Waals surface area contributed by atoms with Crippen LogP contribution in [-0.4, -0.2) is 83.4 Å². The zero-order chi connectivity index (χ0) is 67.5. The monoisotopic (exact) mass is 1370 g/mol. The van der Waals surface area contributed by atoms with Crippen LogP contribution in [-0.2, 0) is 38.9 Å². The van der Waals surface area contributed by atoms with Crippen LogP contribution in [0.4, 0.5) is 0 Å². The Morgan fingerprint density at radius 2 is 0.707 bits per heavy atom. The van der Waals surface area contributed by atoms with E-state index >= 15 is 0 Å². The van der Waals surface area contributed by atoms with E-state index in [1.165, 1.54) is 12.3 Å². The molecule has 0 radical (unpaired) electrons. The lowest BCUT2D eigenvalue weighted by molar-refractivity contribution is 0.0696. The van der Waals surface area contributed by atoms with E-state index < -0.39 is 5.97 Å². The summed E-state index contributed by atoms with van der Waals surface area (Å²) in [4.78, 5) is 62.4. The van der Waals surface area contributed by atoms with Crippen LogP contribution in [0.15, 0.2) is 201 Å². The van der Waals surface area contributed by atoms with Crippen LogP contribution in [0.2, 0.25) is 15.1 Å². The van der Waals surface area contributed by atoms with Crippen molar-refractivity contribution in [1.29, 1.82) is 0 Å². The van der Waals surface area contributed by atoms with Crippen molar-refractivity contribution < 1.29 is 19.5 Å². The van der Waals surface area contributed by atoms with Crippen molar-refractivity contribution >= 4 is 118 Å². The summed E-state index contributed by atoms with van der Waals surface area (Å²) in [6, 6.07) is 51.8. The molecule has 0 spiro atoms. The van der Waals surface area contributed by atoms with Crippen LogP contribution < -0.4 is 16.4 Å². The minimum absolute atomic E-state index is 0. The summed E-state index contributed by atoms with van der Waals surface area (Å²) in [5, 5.41) is 44.5. The fourth-order valence-corrected chi connectivity index (χ4v) is 11.5. The number of pyridine rings is 6. The number of rotatable bonds is 14. The molecule has 0 aliphatic rings. The van der Waals surface area contributed by atoms with Crippen LogP contribution in [0.3, 0.4) is 0 Å². The van der Waals surface area contributed by atoms with Crippen LogP contribution in [0.1, 0.15) is 113 Å². The van der Waals surface area contributed by atoms with E-state index in [2.05, 4.69) is 89.3 Å². The number of nitrogens with two attached hydrogens (primary N) is 1. The Hall–Kier alpha value is -11.4. The summed E-state index contributed by atoms with van der Waals surface area (Å²) in [5.74, 6) is -1.22. The van der Waals surface area contributed by atoms with Crippen LogP contribution in [0.5, 0.6) is 0 Å². The molecule has 2 amide bonds. The van der Waals surface area contributed by atoms with Gasteiger partial charge in [0.1, 0.15) is 0 Å². The highest BCUT2D eigenvalue weighted by Crippen LogP contribution is 2.25. The van der Waals surface area contributed by atoms with Crippen molar-refractivity contribution in [2.75, 3.05) is 0 Å². The molecule has 0 saturated carbocycles. The van der Waals surface area contributed by atoms with Gasteiger partial charge in [-0.25, -0.2) is 4.79 Å². The first-order valence-corrected chi connectivity index (χ1v) is 31.9. The van der Waals surface area contributed by atoms with Crippen molar-refractivity contribution in [1.82, 2.24) is 71.1 Å². The van der Waals surface area contributed by atoms with Gasteiger partial charge in [-0.1, -0.05) is 86.1 Å². The molecule has 99 heavy (non-hydrogen) atoms. The maximum Gasteiger partial charge on any atom is 0.335 e. The van der Waals surface area contributed by atoms with E-state index in [-0.39, 0.29) is 32.2 Å². The van der Waals surface area contributed by atoms with Gasteiger partial charge in [0.25, 0.3) is 11.8 Å². The van der Waals surface area contributed by atoms with Crippen LogP contribution >= 0.6 is 34.8 Å². The summed E-state index contributed by atoms with van der Waals surface area (Å²) in [6.07, 6.45) is 11.5. The Bertz CT molecular complexity index is 5200. The van der Waals surface area contributed by atoms with E-state index in [0.29, 0.717) is 70.8 Å². The molecule has 6 aromatic carbocycles.